The number of rotatable bonds is 9. The van der Waals surface area contributed by atoms with Gasteiger partial charge in [0.2, 0.25) is 11.8 Å². The van der Waals surface area contributed by atoms with Crippen LogP contribution in [0.5, 0.6) is 0 Å². The summed E-state index contributed by atoms with van der Waals surface area (Å²) in [5.74, 6) is 0.209. The van der Waals surface area contributed by atoms with Crippen molar-refractivity contribution < 1.29 is 9.59 Å². The zero-order valence-electron chi connectivity index (χ0n) is 18.3. The first-order valence-corrected chi connectivity index (χ1v) is 12.4. The van der Waals surface area contributed by atoms with E-state index in [1.165, 1.54) is 17.3 Å². The van der Waals surface area contributed by atoms with Crippen molar-refractivity contribution in [2.45, 2.75) is 69.5 Å². The molecule has 0 aliphatic heterocycles. The summed E-state index contributed by atoms with van der Waals surface area (Å²) in [6.07, 6.45) is 4.96. The van der Waals surface area contributed by atoms with Crippen molar-refractivity contribution >= 4 is 35.2 Å². The van der Waals surface area contributed by atoms with E-state index in [0.29, 0.717) is 18.0 Å². The molecule has 6 heteroatoms. The number of carbonyl (C=O) groups excluding carboxylic acids is 2. The molecule has 1 aliphatic carbocycles. The molecule has 1 saturated carbocycles. The third-order valence-electron chi connectivity index (χ3n) is 5.74. The van der Waals surface area contributed by atoms with Crippen LogP contribution in [0, 0.1) is 6.92 Å². The predicted molar refractivity (Wildman–Crippen MR) is 128 cm³/mol. The Morgan fingerprint density at radius 3 is 2.35 bits per heavy atom. The predicted octanol–water partition coefficient (Wildman–Crippen LogP) is 5.61. The number of nitrogens with zero attached hydrogens (tertiary/aromatic N) is 1. The topological polar surface area (TPSA) is 49.4 Å². The van der Waals surface area contributed by atoms with Crippen LogP contribution in [0.15, 0.2) is 53.4 Å². The van der Waals surface area contributed by atoms with Crippen molar-refractivity contribution in [2.24, 2.45) is 0 Å². The van der Waals surface area contributed by atoms with E-state index in [1.807, 2.05) is 62.4 Å². The molecule has 0 unspecified atom stereocenters. The van der Waals surface area contributed by atoms with E-state index in [4.69, 9.17) is 11.6 Å². The van der Waals surface area contributed by atoms with Crippen molar-refractivity contribution in [1.29, 1.82) is 0 Å². The molecule has 1 N–H and O–H groups in total. The second kappa shape index (κ2) is 11.6. The van der Waals surface area contributed by atoms with Crippen LogP contribution >= 0.6 is 23.4 Å². The summed E-state index contributed by atoms with van der Waals surface area (Å²) in [6, 6.07) is 15.4. The number of benzene rings is 2. The minimum atomic E-state index is -0.472. The fourth-order valence-electron chi connectivity index (χ4n) is 3.94. The third kappa shape index (κ3) is 7.01. The summed E-state index contributed by atoms with van der Waals surface area (Å²) in [7, 11) is 0. The highest BCUT2D eigenvalue weighted by Crippen LogP contribution is 2.23. The maximum absolute atomic E-state index is 13.3. The lowest BCUT2D eigenvalue weighted by atomic mass is 10.1. The first kappa shape index (κ1) is 23.7. The van der Waals surface area contributed by atoms with Crippen LogP contribution in [0.3, 0.4) is 0 Å². The van der Waals surface area contributed by atoms with E-state index in [0.717, 1.165) is 36.1 Å². The van der Waals surface area contributed by atoms with Crippen LogP contribution in [-0.2, 0) is 16.1 Å². The average molecular weight is 459 g/mol. The smallest absolute Gasteiger partial charge is 0.243 e. The van der Waals surface area contributed by atoms with Gasteiger partial charge in [-0.3, -0.25) is 9.59 Å². The fraction of sp³-hybridized carbons (Fsp3) is 0.440. The van der Waals surface area contributed by atoms with Gasteiger partial charge in [0, 0.05) is 22.5 Å². The van der Waals surface area contributed by atoms with Gasteiger partial charge in [-0.2, -0.15) is 0 Å². The molecule has 4 nitrogen and oxygen atoms in total. The molecule has 0 heterocycles. The molecule has 2 aromatic carbocycles. The minimum absolute atomic E-state index is 0.0334. The number of nitrogens with one attached hydrogen (secondary N) is 1. The highest BCUT2D eigenvalue weighted by Gasteiger charge is 2.30. The molecule has 166 valence electrons. The van der Waals surface area contributed by atoms with Gasteiger partial charge in [0.05, 0.1) is 5.75 Å². The summed E-state index contributed by atoms with van der Waals surface area (Å²) in [5.41, 5.74) is 2.20. The second-order valence-corrected chi connectivity index (χ2v) is 9.65. The van der Waals surface area contributed by atoms with Gasteiger partial charge in [-0.15, -0.1) is 11.8 Å². The lowest BCUT2D eigenvalue weighted by Crippen LogP contribution is -2.51. The van der Waals surface area contributed by atoms with Gasteiger partial charge in [0.15, 0.2) is 0 Å². The maximum atomic E-state index is 13.3. The normalized spacial score (nSPS) is 14.9. The van der Waals surface area contributed by atoms with Crippen molar-refractivity contribution in [3.05, 3.63) is 64.7 Å². The molecule has 0 saturated heterocycles. The van der Waals surface area contributed by atoms with Crippen molar-refractivity contribution in [3.8, 4) is 0 Å². The molecule has 31 heavy (non-hydrogen) atoms. The van der Waals surface area contributed by atoms with E-state index < -0.39 is 6.04 Å². The number of hydrogen-bond acceptors (Lipinski definition) is 3. The Kier molecular flexibility index (Phi) is 8.85. The van der Waals surface area contributed by atoms with Gasteiger partial charge >= 0.3 is 0 Å². The standard InChI is InChI=1S/C25H31ClN2O2S/c1-3-23(25(30)27-21-6-4-5-7-21)28(16-19-10-8-18(2)9-11-19)24(29)17-31-22-14-12-20(26)13-15-22/h8-15,21,23H,3-7,16-17H2,1-2H3,(H,27,30)/t23-/m0/s1. The Morgan fingerprint density at radius 1 is 1.10 bits per heavy atom. The summed E-state index contributed by atoms with van der Waals surface area (Å²) in [5, 5.41) is 3.86. The molecule has 1 atom stereocenters. The molecule has 0 bridgehead atoms. The maximum Gasteiger partial charge on any atom is 0.243 e. The molecule has 0 radical (unpaired) electrons. The van der Waals surface area contributed by atoms with Crippen LogP contribution in [0.2, 0.25) is 5.02 Å². The van der Waals surface area contributed by atoms with E-state index >= 15 is 0 Å². The highest BCUT2D eigenvalue weighted by atomic mass is 35.5. The van der Waals surface area contributed by atoms with E-state index in [-0.39, 0.29) is 23.6 Å². The number of carbonyl (C=O) groups is 2. The number of aryl methyl sites for hydroxylation is 1. The number of halogens is 1. The van der Waals surface area contributed by atoms with E-state index in [1.54, 1.807) is 4.90 Å². The van der Waals surface area contributed by atoms with Gasteiger partial charge in [-0.1, -0.05) is 61.2 Å². The Labute approximate surface area is 194 Å². The Balaban J connectivity index is 1.74. The lowest BCUT2D eigenvalue weighted by Gasteiger charge is -2.31. The molecule has 2 aromatic rings. The van der Waals surface area contributed by atoms with E-state index in [9.17, 15) is 9.59 Å². The lowest BCUT2D eigenvalue weighted by molar-refractivity contribution is -0.139. The molecule has 2 amide bonds. The SMILES string of the molecule is CC[C@@H](C(=O)NC1CCCC1)N(Cc1ccc(C)cc1)C(=O)CSc1ccc(Cl)cc1. The summed E-state index contributed by atoms with van der Waals surface area (Å²) in [4.78, 5) is 29.1. The number of thioether (sulfide) groups is 1. The van der Waals surface area contributed by atoms with Gasteiger partial charge in [-0.25, -0.2) is 0 Å². The summed E-state index contributed by atoms with van der Waals surface area (Å²) in [6.45, 7) is 4.44. The van der Waals surface area contributed by atoms with Gasteiger partial charge in [0.25, 0.3) is 0 Å². The van der Waals surface area contributed by atoms with Crippen LogP contribution in [0.4, 0.5) is 0 Å². The molecule has 0 spiro atoms. The van der Waals surface area contributed by atoms with Crippen LogP contribution < -0.4 is 5.32 Å². The van der Waals surface area contributed by atoms with Gasteiger partial charge < -0.3 is 10.2 Å². The molecule has 1 aliphatic rings. The van der Waals surface area contributed by atoms with E-state index in [2.05, 4.69) is 5.32 Å². The quantitative estimate of drug-likeness (QED) is 0.497. The average Bonchev–Trinajstić information content (AvgIpc) is 3.27. The third-order valence-corrected chi connectivity index (χ3v) is 6.99. The van der Waals surface area contributed by atoms with Crippen LogP contribution in [-0.4, -0.2) is 34.6 Å². The number of hydrogen-bond donors (Lipinski definition) is 1. The van der Waals surface area contributed by atoms with Gasteiger partial charge in [0.1, 0.15) is 6.04 Å². The Hall–Kier alpha value is -1.98. The van der Waals surface area contributed by atoms with Crippen LogP contribution in [0.25, 0.3) is 0 Å². The van der Waals surface area contributed by atoms with Crippen molar-refractivity contribution in [1.82, 2.24) is 10.2 Å². The van der Waals surface area contributed by atoms with Crippen molar-refractivity contribution in [2.75, 3.05) is 5.75 Å². The van der Waals surface area contributed by atoms with Crippen molar-refractivity contribution in [3.63, 3.8) is 0 Å². The Bertz CT molecular complexity index is 864. The zero-order chi connectivity index (χ0) is 22.2. The largest absolute Gasteiger partial charge is 0.352 e. The second-order valence-electron chi connectivity index (χ2n) is 8.16. The Morgan fingerprint density at radius 2 is 1.74 bits per heavy atom. The zero-order valence-corrected chi connectivity index (χ0v) is 19.8. The molecule has 0 aromatic heterocycles. The number of amides is 2. The summed E-state index contributed by atoms with van der Waals surface area (Å²) >= 11 is 7.43. The monoisotopic (exact) mass is 458 g/mol. The van der Waals surface area contributed by atoms with Gasteiger partial charge in [-0.05, 0) is 56.0 Å². The minimum Gasteiger partial charge on any atom is -0.352 e. The molecular formula is C25H31ClN2O2S. The first-order valence-electron chi connectivity index (χ1n) is 11.0. The van der Waals surface area contributed by atoms with Crippen LogP contribution in [0.1, 0.15) is 50.2 Å². The summed E-state index contributed by atoms with van der Waals surface area (Å²) < 4.78 is 0. The molecule has 1 fully saturated rings. The molecule has 3 rings (SSSR count). The fourth-order valence-corrected chi connectivity index (χ4v) is 4.85. The molecular weight excluding hydrogens is 428 g/mol. The highest BCUT2D eigenvalue weighted by molar-refractivity contribution is 8.00. The first-order chi connectivity index (χ1) is 15.0.